The van der Waals surface area contributed by atoms with Crippen LogP contribution in [0.3, 0.4) is 0 Å². The maximum atomic E-state index is 13.0. The lowest BCUT2D eigenvalue weighted by molar-refractivity contribution is -0.140. The van der Waals surface area contributed by atoms with Gasteiger partial charge in [0.25, 0.3) is 5.91 Å². The standard InChI is InChI=1S/C37H49N7O9/c38-32(20-29-9-10-30-3-1-2-4-31(30)19-29)37(52)40-53-26-28-7-5-27(6-8-28)21-39-33(45)22-41-11-13-42(23-34(46)47)15-17-44(25-36(50)51)18-16-43(14-12-41)24-35(48)49/h1-10,19,32H,11-18,20-26,38H2,(H,39,45)(H,40,52)(H,46,47)(H,48,49)(H,50,51). The largest absolute Gasteiger partial charge is 0.480 e. The van der Waals surface area contributed by atoms with Gasteiger partial charge in [0, 0.05) is 58.9 Å². The Kier molecular flexibility index (Phi) is 16.1. The van der Waals surface area contributed by atoms with E-state index in [1.807, 2.05) is 71.6 Å². The van der Waals surface area contributed by atoms with Crippen molar-refractivity contribution < 1.29 is 44.1 Å². The van der Waals surface area contributed by atoms with Crippen molar-refractivity contribution in [2.45, 2.75) is 25.6 Å². The van der Waals surface area contributed by atoms with Gasteiger partial charge >= 0.3 is 17.9 Å². The molecule has 2 amide bonds. The van der Waals surface area contributed by atoms with Crippen molar-refractivity contribution in [1.29, 1.82) is 0 Å². The van der Waals surface area contributed by atoms with Crippen molar-refractivity contribution in [3.8, 4) is 0 Å². The van der Waals surface area contributed by atoms with Gasteiger partial charge in [0.2, 0.25) is 5.91 Å². The summed E-state index contributed by atoms with van der Waals surface area (Å²) in [5.74, 6) is -3.74. The number of fused-ring (bicyclic) bond motifs is 1. The molecule has 3 aromatic carbocycles. The molecular formula is C37H49N7O9. The monoisotopic (exact) mass is 735 g/mol. The predicted octanol–water partition coefficient (Wildman–Crippen LogP) is 0.0492. The van der Waals surface area contributed by atoms with E-state index in [9.17, 15) is 39.3 Å². The van der Waals surface area contributed by atoms with Crippen molar-refractivity contribution in [2.75, 3.05) is 78.5 Å². The number of hydrogen-bond donors (Lipinski definition) is 6. The van der Waals surface area contributed by atoms with Crippen LogP contribution in [0.4, 0.5) is 0 Å². The molecule has 1 atom stereocenters. The molecule has 286 valence electrons. The molecule has 53 heavy (non-hydrogen) atoms. The van der Waals surface area contributed by atoms with E-state index in [0.29, 0.717) is 58.8 Å². The van der Waals surface area contributed by atoms with E-state index in [-0.39, 0.29) is 45.2 Å². The summed E-state index contributed by atoms with van der Waals surface area (Å²) in [4.78, 5) is 72.3. The van der Waals surface area contributed by atoms with Gasteiger partial charge in [-0.15, -0.1) is 0 Å². The molecule has 7 N–H and O–H groups in total. The fourth-order valence-corrected chi connectivity index (χ4v) is 5.98. The molecule has 0 spiro atoms. The topological polar surface area (TPSA) is 218 Å². The number of carbonyl (C=O) groups excluding carboxylic acids is 2. The first kappa shape index (κ1) is 40.8. The van der Waals surface area contributed by atoms with Gasteiger partial charge in [0.1, 0.15) is 0 Å². The Bertz CT molecular complexity index is 1660. The van der Waals surface area contributed by atoms with Crippen LogP contribution in [0.25, 0.3) is 10.8 Å². The number of hydroxylamine groups is 1. The SMILES string of the molecule is NC(Cc1ccc2ccccc2c1)C(=O)NOCc1ccc(CNC(=O)CN2CCN(CC(=O)O)CCN(CC(=O)O)CCN(CC(=O)O)CC2)cc1. The van der Waals surface area contributed by atoms with E-state index in [2.05, 4.69) is 10.8 Å². The molecular weight excluding hydrogens is 686 g/mol. The molecule has 1 unspecified atom stereocenters. The molecule has 1 fully saturated rings. The molecule has 0 saturated carbocycles. The first-order chi connectivity index (χ1) is 25.4. The number of amides is 2. The molecule has 4 rings (SSSR count). The van der Waals surface area contributed by atoms with Gasteiger partial charge in [-0.05, 0) is 33.9 Å². The van der Waals surface area contributed by atoms with Crippen LogP contribution in [0.2, 0.25) is 0 Å². The average Bonchev–Trinajstić information content (AvgIpc) is 3.11. The van der Waals surface area contributed by atoms with Crippen LogP contribution in [-0.2, 0) is 48.4 Å². The summed E-state index contributed by atoms with van der Waals surface area (Å²) >= 11 is 0. The molecule has 1 saturated heterocycles. The first-order valence-electron chi connectivity index (χ1n) is 17.5. The number of aliphatic carboxylic acids is 3. The summed E-state index contributed by atoms with van der Waals surface area (Å²) in [5, 5.41) is 33.3. The highest BCUT2D eigenvalue weighted by atomic mass is 16.6. The zero-order chi connectivity index (χ0) is 38.2. The molecule has 3 aromatic rings. The number of nitrogens with two attached hydrogens (primary N) is 1. The maximum absolute atomic E-state index is 13.0. The van der Waals surface area contributed by atoms with Crippen LogP contribution >= 0.6 is 0 Å². The average molecular weight is 736 g/mol. The van der Waals surface area contributed by atoms with Gasteiger partial charge < -0.3 is 26.4 Å². The number of rotatable bonds is 16. The van der Waals surface area contributed by atoms with Crippen molar-refractivity contribution in [3.63, 3.8) is 0 Å². The second kappa shape index (κ2) is 20.9. The zero-order valence-electron chi connectivity index (χ0n) is 29.7. The fourth-order valence-electron chi connectivity index (χ4n) is 5.98. The van der Waals surface area contributed by atoms with Gasteiger partial charge in [0.15, 0.2) is 0 Å². The van der Waals surface area contributed by atoms with Gasteiger partial charge in [-0.2, -0.15) is 0 Å². The third-order valence-electron chi connectivity index (χ3n) is 8.90. The number of carbonyl (C=O) groups is 5. The van der Waals surface area contributed by atoms with E-state index in [0.717, 1.165) is 27.5 Å². The normalized spacial score (nSPS) is 16.2. The molecule has 1 aliphatic rings. The highest BCUT2D eigenvalue weighted by molar-refractivity contribution is 5.84. The molecule has 0 aliphatic carbocycles. The number of benzene rings is 3. The quantitative estimate of drug-likeness (QED) is 0.107. The third kappa shape index (κ3) is 14.9. The minimum absolute atomic E-state index is 0.0155. The van der Waals surface area contributed by atoms with Crippen LogP contribution in [0.15, 0.2) is 66.7 Å². The Labute approximate surface area is 308 Å². The van der Waals surface area contributed by atoms with Crippen LogP contribution in [0.5, 0.6) is 0 Å². The van der Waals surface area contributed by atoms with Crippen LogP contribution < -0.4 is 16.5 Å². The van der Waals surface area contributed by atoms with Gasteiger partial charge in [-0.3, -0.25) is 48.4 Å². The van der Waals surface area contributed by atoms with E-state index in [1.54, 1.807) is 14.7 Å². The molecule has 16 nitrogen and oxygen atoms in total. The first-order valence-corrected chi connectivity index (χ1v) is 17.5. The summed E-state index contributed by atoms with van der Waals surface area (Å²) in [5.41, 5.74) is 11.1. The van der Waals surface area contributed by atoms with E-state index in [1.165, 1.54) is 0 Å². The molecule has 1 heterocycles. The number of carboxylic acid groups (broad SMARTS) is 3. The molecule has 1 aliphatic heterocycles. The lowest BCUT2D eigenvalue weighted by Crippen LogP contribution is -2.49. The highest BCUT2D eigenvalue weighted by Gasteiger charge is 2.21. The van der Waals surface area contributed by atoms with Crippen LogP contribution in [0, 0.1) is 0 Å². The number of hydrogen-bond acceptors (Lipinski definition) is 11. The van der Waals surface area contributed by atoms with Crippen molar-refractivity contribution >= 4 is 40.5 Å². The third-order valence-corrected chi connectivity index (χ3v) is 8.90. The Hall–Kier alpha value is -4.97. The summed E-state index contributed by atoms with van der Waals surface area (Å²) in [6, 6.07) is 20.5. The highest BCUT2D eigenvalue weighted by Crippen LogP contribution is 2.16. The second-order valence-electron chi connectivity index (χ2n) is 13.1. The van der Waals surface area contributed by atoms with Crippen molar-refractivity contribution in [3.05, 3.63) is 83.4 Å². The van der Waals surface area contributed by atoms with E-state index < -0.39 is 29.9 Å². The summed E-state index contributed by atoms with van der Waals surface area (Å²) < 4.78 is 0. The summed E-state index contributed by atoms with van der Waals surface area (Å²) in [7, 11) is 0. The van der Waals surface area contributed by atoms with Gasteiger partial charge in [-0.25, -0.2) is 5.48 Å². The smallest absolute Gasteiger partial charge is 0.317 e. The van der Waals surface area contributed by atoms with Gasteiger partial charge in [-0.1, -0.05) is 66.7 Å². The van der Waals surface area contributed by atoms with Crippen molar-refractivity contribution in [1.82, 2.24) is 30.4 Å². The van der Waals surface area contributed by atoms with Crippen LogP contribution in [-0.4, -0.2) is 149 Å². The predicted molar refractivity (Wildman–Crippen MR) is 196 cm³/mol. The molecule has 0 radical (unpaired) electrons. The zero-order valence-corrected chi connectivity index (χ0v) is 29.7. The number of nitrogens with one attached hydrogen (secondary N) is 2. The fraction of sp³-hybridized carbons (Fsp3) is 0.432. The lowest BCUT2D eigenvalue weighted by Gasteiger charge is -2.32. The molecule has 16 heteroatoms. The second-order valence-corrected chi connectivity index (χ2v) is 13.1. The summed E-state index contributed by atoms with van der Waals surface area (Å²) in [6.45, 7) is 2.18. The Morgan fingerprint density at radius 3 is 1.58 bits per heavy atom. The Balaban J connectivity index is 1.23. The number of nitrogens with zero attached hydrogens (tertiary/aromatic N) is 4. The van der Waals surface area contributed by atoms with Gasteiger partial charge in [0.05, 0.1) is 38.8 Å². The molecule has 0 aromatic heterocycles. The number of carboxylic acids is 3. The van der Waals surface area contributed by atoms with Crippen molar-refractivity contribution in [2.24, 2.45) is 5.73 Å². The van der Waals surface area contributed by atoms with E-state index >= 15 is 0 Å². The maximum Gasteiger partial charge on any atom is 0.317 e. The van der Waals surface area contributed by atoms with E-state index in [4.69, 9.17) is 10.6 Å². The summed E-state index contributed by atoms with van der Waals surface area (Å²) in [6.07, 6.45) is 0.361. The Morgan fingerprint density at radius 2 is 1.08 bits per heavy atom. The lowest BCUT2D eigenvalue weighted by atomic mass is 10.0. The molecule has 0 bridgehead atoms. The van der Waals surface area contributed by atoms with Crippen LogP contribution in [0.1, 0.15) is 16.7 Å². The minimum Gasteiger partial charge on any atom is -0.480 e. The minimum atomic E-state index is -1.02. The Morgan fingerprint density at radius 1 is 0.623 bits per heavy atom.